The van der Waals surface area contributed by atoms with Gasteiger partial charge < -0.3 is 9.80 Å². The number of rotatable bonds is 7. The SMILES string of the molecule is O=C(CN1CCN(CC2CCCCC2)CC1)N1CCN(S(=O)(=O)Cc2ccccc2)CC1. The fourth-order valence-electron chi connectivity index (χ4n) is 5.25. The van der Waals surface area contributed by atoms with Crippen LogP contribution < -0.4 is 0 Å². The van der Waals surface area contributed by atoms with Gasteiger partial charge in [0.25, 0.3) is 0 Å². The first-order valence-corrected chi connectivity index (χ1v) is 13.8. The normalized spacial score (nSPS) is 22.8. The summed E-state index contributed by atoms with van der Waals surface area (Å²) in [5.74, 6) is 1.02. The number of carbonyl (C=O) groups is 1. The van der Waals surface area contributed by atoms with Crippen LogP contribution in [0.15, 0.2) is 30.3 Å². The highest BCUT2D eigenvalue weighted by Gasteiger charge is 2.30. The number of piperazine rings is 2. The van der Waals surface area contributed by atoms with Crippen molar-refractivity contribution in [1.29, 1.82) is 0 Å². The van der Waals surface area contributed by atoms with Gasteiger partial charge in [0.2, 0.25) is 15.9 Å². The van der Waals surface area contributed by atoms with Crippen molar-refractivity contribution in [1.82, 2.24) is 19.0 Å². The highest BCUT2D eigenvalue weighted by molar-refractivity contribution is 7.88. The molecule has 2 aliphatic heterocycles. The smallest absolute Gasteiger partial charge is 0.236 e. The topological polar surface area (TPSA) is 64.2 Å². The molecule has 2 saturated heterocycles. The lowest BCUT2D eigenvalue weighted by atomic mass is 9.89. The van der Waals surface area contributed by atoms with Crippen LogP contribution >= 0.6 is 0 Å². The van der Waals surface area contributed by atoms with Gasteiger partial charge >= 0.3 is 0 Å². The van der Waals surface area contributed by atoms with Crippen molar-refractivity contribution in [2.45, 2.75) is 37.9 Å². The second-order valence-electron chi connectivity index (χ2n) is 9.60. The maximum absolute atomic E-state index is 12.8. The van der Waals surface area contributed by atoms with Crippen molar-refractivity contribution in [3.63, 3.8) is 0 Å². The summed E-state index contributed by atoms with van der Waals surface area (Å²) in [4.78, 5) is 19.5. The quantitative estimate of drug-likeness (QED) is 0.619. The Morgan fingerprint density at radius 1 is 0.812 bits per heavy atom. The lowest BCUT2D eigenvalue weighted by molar-refractivity contribution is -0.134. The van der Waals surface area contributed by atoms with Gasteiger partial charge in [-0.25, -0.2) is 8.42 Å². The predicted molar refractivity (Wildman–Crippen MR) is 127 cm³/mol. The summed E-state index contributed by atoms with van der Waals surface area (Å²) >= 11 is 0. The van der Waals surface area contributed by atoms with Gasteiger partial charge in [-0.1, -0.05) is 49.6 Å². The Morgan fingerprint density at radius 2 is 1.44 bits per heavy atom. The summed E-state index contributed by atoms with van der Waals surface area (Å²) in [5, 5.41) is 0. The number of hydrogen-bond donors (Lipinski definition) is 0. The Bertz CT molecular complexity index is 826. The standard InChI is InChI=1S/C24H38N4O3S/c29-24(20-26-13-11-25(12-14-26)19-22-7-3-1-4-8-22)27-15-17-28(18-16-27)32(30,31)21-23-9-5-2-6-10-23/h2,5-6,9-10,22H,1,3-4,7-8,11-21H2. The van der Waals surface area contributed by atoms with E-state index in [1.54, 1.807) is 0 Å². The van der Waals surface area contributed by atoms with Gasteiger partial charge in [-0.15, -0.1) is 0 Å². The number of carbonyl (C=O) groups excluding carboxylic acids is 1. The summed E-state index contributed by atoms with van der Waals surface area (Å²) in [5.41, 5.74) is 0.800. The maximum Gasteiger partial charge on any atom is 0.236 e. The molecule has 0 aromatic heterocycles. The van der Waals surface area contributed by atoms with E-state index in [2.05, 4.69) is 9.80 Å². The van der Waals surface area contributed by atoms with Crippen LogP contribution in [0.3, 0.4) is 0 Å². The highest BCUT2D eigenvalue weighted by atomic mass is 32.2. The second kappa shape index (κ2) is 11.1. The molecule has 0 bridgehead atoms. The minimum Gasteiger partial charge on any atom is -0.339 e. The third-order valence-electron chi connectivity index (χ3n) is 7.24. The number of nitrogens with zero attached hydrogens (tertiary/aromatic N) is 4. The zero-order chi connectivity index (χ0) is 22.4. The molecule has 0 unspecified atom stereocenters. The van der Waals surface area contributed by atoms with E-state index in [-0.39, 0.29) is 11.7 Å². The molecular weight excluding hydrogens is 424 g/mol. The first-order chi connectivity index (χ1) is 15.5. The first kappa shape index (κ1) is 23.7. The van der Waals surface area contributed by atoms with E-state index in [1.807, 2.05) is 35.2 Å². The van der Waals surface area contributed by atoms with Gasteiger partial charge in [0.1, 0.15) is 0 Å². The van der Waals surface area contributed by atoms with Crippen molar-refractivity contribution < 1.29 is 13.2 Å². The molecule has 4 rings (SSSR count). The molecule has 0 atom stereocenters. The van der Waals surface area contributed by atoms with Crippen LogP contribution in [-0.2, 0) is 20.6 Å². The molecule has 32 heavy (non-hydrogen) atoms. The Balaban J connectivity index is 1.17. The Hall–Kier alpha value is -1.48. The number of hydrogen-bond acceptors (Lipinski definition) is 5. The van der Waals surface area contributed by atoms with Gasteiger partial charge in [-0.2, -0.15) is 4.31 Å². The van der Waals surface area contributed by atoms with Crippen molar-refractivity contribution in [3.8, 4) is 0 Å². The van der Waals surface area contributed by atoms with Crippen LogP contribution in [0.4, 0.5) is 0 Å². The summed E-state index contributed by atoms with van der Waals surface area (Å²) in [6.45, 7) is 7.41. The van der Waals surface area contributed by atoms with Gasteiger partial charge in [0.15, 0.2) is 0 Å². The monoisotopic (exact) mass is 462 g/mol. The molecule has 0 radical (unpaired) electrons. The Morgan fingerprint density at radius 3 is 2.09 bits per heavy atom. The zero-order valence-electron chi connectivity index (χ0n) is 19.2. The van der Waals surface area contributed by atoms with Crippen LogP contribution in [-0.4, -0.2) is 98.8 Å². The van der Waals surface area contributed by atoms with Gasteiger partial charge in [-0.05, 0) is 24.3 Å². The Kier molecular flexibility index (Phi) is 8.21. The largest absolute Gasteiger partial charge is 0.339 e. The van der Waals surface area contributed by atoms with Gasteiger partial charge in [-0.3, -0.25) is 9.69 Å². The maximum atomic E-state index is 12.8. The van der Waals surface area contributed by atoms with E-state index in [9.17, 15) is 13.2 Å². The summed E-state index contributed by atoms with van der Waals surface area (Å²) in [7, 11) is -3.35. The fraction of sp³-hybridized carbons (Fsp3) is 0.708. The summed E-state index contributed by atoms with van der Waals surface area (Å²) in [6, 6.07) is 9.28. The van der Waals surface area contributed by atoms with Crippen LogP contribution in [0.2, 0.25) is 0 Å². The fourth-order valence-corrected chi connectivity index (χ4v) is 6.76. The van der Waals surface area contributed by atoms with E-state index in [1.165, 1.54) is 43.0 Å². The van der Waals surface area contributed by atoms with E-state index in [0.29, 0.717) is 32.7 Å². The molecule has 1 saturated carbocycles. The molecule has 0 N–H and O–H groups in total. The lowest BCUT2D eigenvalue weighted by Gasteiger charge is -2.38. The average molecular weight is 463 g/mol. The second-order valence-corrected chi connectivity index (χ2v) is 11.6. The van der Waals surface area contributed by atoms with E-state index < -0.39 is 10.0 Å². The van der Waals surface area contributed by atoms with E-state index in [4.69, 9.17) is 0 Å². The molecular formula is C24H38N4O3S. The van der Waals surface area contributed by atoms with Gasteiger partial charge in [0, 0.05) is 58.9 Å². The zero-order valence-corrected chi connectivity index (χ0v) is 20.0. The minimum absolute atomic E-state index is 0.0208. The van der Waals surface area contributed by atoms with Crippen LogP contribution in [0.1, 0.15) is 37.7 Å². The van der Waals surface area contributed by atoms with Crippen LogP contribution in [0.5, 0.6) is 0 Å². The number of amides is 1. The molecule has 7 nitrogen and oxygen atoms in total. The minimum atomic E-state index is -3.35. The average Bonchev–Trinajstić information content (AvgIpc) is 2.81. The van der Waals surface area contributed by atoms with E-state index >= 15 is 0 Å². The highest BCUT2D eigenvalue weighted by Crippen LogP contribution is 2.24. The molecule has 178 valence electrons. The first-order valence-electron chi connectivity index (χ1n) is 12.2. The number of sulfonamides is 1. The predicted octanol–water partition coefficient (Wildman–Crippen LogP) is 1.86. The van der Waals surface area contributed by atoms with Crippen LogP contribution in [0.25, 0.3) is 0 Å². The molecule has 3 aliphatic rings. The van der Waals surface area contributed by atoms with Crippen molar-refractivity contribution >= 4 is 15.9 Å². The van der Waals surface area contributed by atoms with Gasteiger partial charge in [0.05, 0.1) is 12.3 Å². The van der Waals surface area contributed by atoms with Crippen molar-refractivity contribution in [3.05, 3.63) is 35.9 Å². The number of benzene rings is 1. The Labute approximate surface area is 193 Å². The van der Waals surface area contributed by atoms with Crippen molar-refractivity contribution in [2.24, 2.45) is 5.92 Å². The van der Waals surface area contributed by atoms with Crippen molar-refractivity contribution in [2.75, 3.05) is 65.4 Å². The molecule has 2 heterocycles. The molecule has 0 spiro atoms. The third-order valence-corrected chi connectivity index (χ3v) is 9.09. The third kappa shape index (κ3) is 6.53. The molecule has 8 heteroatoms. The molecule has 1 aliphatic carbocycles. The molecule has 1 aromatic carbocycles. The summed E-state index contributed by atoms with van der Waals surface area (Å²) in [6.07, 6.45) is 6.94. The van der Waals surface area contributed by atoms with Crippen LogP contribution in [0, 0.1) is 5.92 Å². The molecule has 1 aromatic rings. The molecule has 3 fully saturated rings. The lowest BCUT2D eigenvalue weighted by Crippen LogP contribution is -2.54. The van der Waals surface area contributed by atoms with E-state index in [0.717, 1.165) is 37.7 Å². The summed E-state index contributed by atoms with van der Waals surface area (Å²) < 4.78 is 27.0. The molecule has 1 amide bonds.